The molecule has 4 nitrogen and oxygen atoms in total. The summed E-state index contributed by atoms with van der Waals surface area (Å²) in [5.41, 5.74) is 3.86. The summed E-state index contributed by atoms with van der Waals surface area (Å²) in [6.45, 7) is 2.77. The van der Waals surface area contributed by atoms with Crippen molar-refractivity contribution in [3.63, 3.8) is 0 Å². The average Bonchev–Trinajstić information content (AvgIpc) is 2.93. The number of hydrogen-bond donors (Lipinski definition) is 0. The molecule has 1 saturated heterocycles. The fourth-order valence-electron chi connectivity index (χ4n) is 2.89. The highest BCUT2D eigenvalue weighted by molar-refractivity contribution is 7.16. The minimum Gasteiger partial charge on any atom is -0.329 e. The number of piperidine rings is 1. The Morgan fingerprint density at radius 3 is 3.10 bits per heavy atom. The molecule has 0 unspecified atom stereocenters. The van der Waals surface area contributed by atoms with Crippen LogP contribution in [0.5, 0.6) is 0 Å². The predicted octanol–water partition coefficient (Wildman–Crippen LogP) is 2.79. The number of carbonyl (C=O) groups is 2. The molecule has 0 N–H and O–H groups in total. The van der Waals surface area contributed by atoms with Crippen LogP contribution in [0.1, 0.15) is 31.4 Å². The number of rotatable bonds is 2. The third kappa shape index (κ3) is 2.33. The van der Waals surface area contributed by atoms with E-state index in [9.17, 15) is 9.59 Å². The number of likely N-dealkylation sites (tertiary alicyclic amines) is 1. The zero-order valence-corrected chi connectivity index (χ0v) is 12.1. The van der Waals surface area contributed by atoms with Crippen LogP contribution in [0.15, 0.2) is 23.7 Å². The van der Waals surface area contributed by atoms with Gasteiger partial charge in [-0.05, 0) is 36.5 Å². The zero-order valence-electron chi connectivity index (χ0n) is 11.3. The lowest BCUT2D eigenvalue weighted by Gasteiger charge is -2.38. The van der Waals surface area contributed by atoms with E-state index in [-0.39, 0.29) is 6.04 Å². The van der Waals surface area contributed by atoms with Crippen molar-refractivity contribution in [2.45, 2.75) is 25.8 Å². The molecule has 3 rings (SSSR count). The Bertz CT molecular complexity index is 652. The second kappa shape index (κ2) is 5.32. The van der Waals surface area contributed by atoms with Crippen LogP contribution in [0.25, 0.3) is 10.2 Å². The topological polar surface area (TPSA) is 50.3 Å². The molecule has 104 valence electrons. The van der Waals surface area contributed by atoms with Crippen molar-refractivity contribution in [3.8, 4) is 0 Å². The Labute approximate surface area is 121 Å². The smallest absolute Gasteiger partial charge is 0.287 e. The molecule has 2 aromatic rings. The van der Waals surface area contributed by atoms with E-state index in [4.69, 9.17) is 0 Å². The van der Waals surface area contributed by atoms with Gasteiger partial charge in [-0.25, -0.2) is 4.98 Å². The maximum Gasteiger partial charge on any atom is 0.287 e. The number of fused-ring (bicyclic) bond motifs is 1. The summed E-state index contributed by atoms with van der Waals surface area (Å²) in [5, 5.41) is 0. The molecule has 1 amide bonds. The van der Waals surface area contributed by atoms with Crippen LogP contribution in [-0.2, 0) is 9.59 Å². The van der Waals surface area contributed by atoms with Crippen LogP contribution in [0.2, 0.25) is 0 Å². The van der Waals surface area contributed by atoms with Crippen LogP contribution in [0.4, 0.5) is 0 Å². The van der Waals surface area contributed by atoms with Gasteiger partial charge in [-0.1, -0.05) is 13.0 Å². The van der Waals surface area contributed by atoms with Crippen molar-refractivity contribution in [1.29, 1.82) is 0 Å². The number of nitrogens with zero attached hydrogens (tertiary/aromatic N) is 2. The van der Waals surface area contributed by atoms with E-state index < -0.39 is 5.91 Å². The predicted molar refractivity (Wildman–Crippen MR) is 78.5 cm³/mol. The van der Waals surface area contributed by atoms with Crippen molar-refractivity contribution in [1.82, 2.24) is 9.88 Å². The Morgan fingerprint density at radius 2 is 2.30 bits per heavy atom. The largest absolute Gasteiger partial charge is 0.329 e. The summed E-state index contributed by atoms with van der Waals surface area (Å²) in [5.74, 6) is 0.0260. The number of amides is 1. The molecular weight excluding hydrogens is 272 g/mol. The first-order valence-electron chi connectivity index (χ1n) is 6.78. The molecule has 1 aromatic carbocycles. The van der Waals surface area contributed by atoms with Crippen LogP contribution in [0.3, 0.4) is 0 Å². The zero-order chi connectivity index (χ0) is 14.1. The molecule has 1 aliphatic rings. The first-order chi connectivity index (χ1) is 9.69. The van der Waals surface area contributed by atoms with Gasteiger partial charge in [0.15, 0.2) is 0 Å². The van der Waals surface area contributed by atoms with Crippen LogP contribution in [0, 0.1) is 5.92 Å². The Morgan fingerprint density at radius 1 is 1.45 bits per heavy atom. The monoisotopic (exact) mass is 288 g/mol. The van der Waals surface area contributed by atoms with E-state index in [1.165, 1.54) is 0 Å². The lowest BCUT2D eigenvalue weighted by molar-refractivity contribution is -0.142. The van der Waals surface area contributed by atoms with Gasteiger partial charge in [0.1, 0.15) is 0 Å². The van der Waals surface area contributed by atoms with Crippen molar-refractivity contribution < 1.29 is 9.59 Å². The van der Waals surface area contributed by atoms with Gasteiger partial charge < -0.3 is 4.90 Å². The van der Waals surface area contributed by atoms with Crippen molar-refractivity contribution in [2.75, 3.05) is 6.54 Å². The van der Waals surface area contributed by atoms with Gasteiger partial charge >= 0.3 is 0 Å². The fraction of sp³-hybridized carbons (Fsp3) is 0.400. The summed E-state index contributed by atoms with van der Waals surface area (Å²) in [7, 11) is 0. The number of carbonyl (C=O) groups excluding carboxylic acids is 2. The van der Waals surface area contributed by atoms with E-state index in [1.807, 2.05) is 23.7 Å². The minimum absolute atomic E-state index is 0.00463. The molecule has 1 aromatic heterocycles. The maximum atomic E-state index is 11.9. The number of hydrogen-bond acceptors (Lipinski definition) is 4. The van der Waals surface area contributed by atoms with Gasteiger partial charge in [0.25, 0.3) is 5.91 Å². The summed E-state index contributed by atoms with van der Waals surface area (Å²) in [6.07, 6.45) is 2.39. The molecule has 0 radical (unpaired) electrons. The fourth-order valence-corrected chi connectivity index (χ4v) is 3.55. The second-order valence-electron chi connectivity index (χ2n) is 5.39. The molecule has 20 heavy (non-hydrogen) atoms. The number of thiazole rings is 1. The van der Waals surface area contributed by atoms with E-state index in [0.717, 1.165) is 28.6 Å². The maximum absolute atomic E-state index is 11.9. The molecule has 2 heterocycles. The molecule has 5 heteroatoms. The normalized spacial score (nSPS) is 22.9. The van der Waals surface area contributed by atoms with E-state index in [1.54, 1.807) is 16.2 Å². The first-order valence-corrected chi connectivity index (χ1v) is 7.66. The van der Waals surface area contributed by atoms with Gasteiger partial charge in [0.05, 0.1) is 21.8 Å². The molecule has 2 atom stereocenters. The highest BCUT2D eigenvalue weighted by Gasteiger charge is 2.30. The molecular formula is C15H16N2O2S. The second-order valence-corrected chi connectivity index (χ2v) is 6.27. The molecule has 0 saturated carbocycles. The van der Waals surface area contributed by atoms with Gasteiger partial charge in [-0.15, -0.1) is 11.3 Å². The SMILES string of the molecule is C[C@H]1CC[C@H](c2ccc3scnc3c2)N(C(=O)C=O)C1. The quantitative estimate of drug-likeness (QED) is 0.630. The Kier molecular flexibility index (Phi) is 3.53. The highest BCUT2D eigenvalue weighted by atomic mass is 32.1. The van der Waals surface area contributed by atoms with Gasteiger partial charge in [-0.2, -0.15) is 0 Å². The number of benzene rings is 1. The van der Waals surface area contributed by atoms with Crippen LogP contribution < -0.4 is 0 Å². The van der Waals surface area contributed by atoms with Crippen LogP contribution >= 0.6 is 11.3 Å². The summed E-state index contributed by atoms with van der Waals surface area (Å²) in [6, 6.07) is 6.13. The lowest BCUT2D eigenvalue weighted by atomic mass is 9.90. The summed E-state index contributed by atoms with van der Waals surface area (Å²) >= 11 is 1.61. The molecule has 0 aliphatic carbocycles. The van der Waals surface area contributed by atoms with E-state index >= 15 is 0 Å². The molecule has 0 spiro atoms. The third-order valence-electron chi connectivity index (χ3n) is 3.94. The lowest BCUT2D eigenvalue weighted by Crippen LogP contribution is -2.42. The molecule has 0 bridgehead atoms. The average molecular weight is 288 g/mol. The Hall–Kier alpha value is -1.75. The van der Waals surface area contributed by atoms with Gasteiger partial charge in [0, 0.05) is 6.54 Å². The molecule has 1 aliphatic heterocycles. The Balaban J connectivity index is 1.96. The van der Waals surface area contributed by atoms with Crippen molar-refractivity contribution in [3.05, 3.63) is 29.3 Å². The summed E-state index contributed by atoms with van der Waals surface area (Å²) in [4.78, 5) is 28.7. The van der Waals surface area contributed by atoms with E-state index in [2.05, 4.69) is 11.9 Å². The van der Waals surface area contributed by atoms with Gasteiger partial charge in [0.2, 0.25) is 6.29 Å². The number of aldehydes is 1. The van der Waals surface area contributed by atoms with Gasteiger partial charge in [-0.3, -0.25) is 9.59 Å². The standard InChI is InChI=1S/C15H16N2O2S/c1-10-2-4-13(17(7-10)15(19)8-18)11-3-5-14-12(6-11)16-9-20-14/h3,5-6,8-10,13H,2,4,7H2,1H3/t10-,13+/m0/s1. The highest BCUT2D eigenvalue weighted by Crippen LogP contribution is 2.34. The minimum atomic E-state index is -0.417. The van der Waals surface area contributed by atoms with E-state index in [0.29, 0.717) is 18.7 Å². The summed E-state index contributed by atoms with van der Waals surface area (Å²) < 4.78 is 1.14. The van der Waals surface area contributed by atoms with Crippen molar-refractivity contribution >= 4 is 33.7 Å². The van der Waals surface area contributed by atoms with Crippen LogP contribution in [-0.4, -0.2) is 28.6 Å². The third-order valence-corrected chi connectivity index (χ3v) is 4.75. The molecule has 1 fully saturated rings. The van der Waals surface area contributed by atoms with Crippen molar-refractivity contribution in [2.24, 2.45) is 5.92 Å². The first kappa shape index (κ1) is 13.2. The number of aromatic nitrogens is 1.